The molecule has 0 aliphatic rings. The van der Waals surface area contributed by atoms with E-state index in [0.29, 0.717) is 5.02 Å². The van der Waals surface area contributed by atoms with Crippen LogP contribution >= 0.6 is 23.8 Å². The average Bonchev–Trinajstić information content (AvgIpc) is 2.37. The molecule has 3 nitrogen and oxygen atoms in total. The number of hydrogen-bond donors (Lipinski definition) is 0. The van der Waals surface area contributed by atoms with Crippen molar-refractivity contribution in [2.45, 2.75) is 0 Å². The number of thiocarbonyl (C=S) groups is 1. The molecule has 0 saturated carbocycles. The maximum Gasteiger partial charge on any atom is 0.0944 e. The van der Waals surface area contributed by atoms with Crippen molar-refractivity contribution in [1.82, 2.24) is 10.2 Å². The summed E-state index contributed by atoms with van der Waals surface area (Å²) in [5, 5.41) is 9.86. The highest BCUT2D eigenvalue weighted by Crippen LogP contribution is 2.29. The van der Waals surface area contributed by atoms with Gasteiger partial charge in [-0.25, -0.2) is 0 Å². The zero-order valence-corrected chi connectivity index (χ0v) is 10.3. The van der Waals surface area contributed by atoms with E-state index in [4.69, 9.17) is 11.6 Å². The van der Waals surface area contributed by atoms with Crippen molar-refractivity contribution in [3.05, 3.63) is 41.6 Å². The number of halogens is 1. The van der Waals surface area contributed by atoms with E-state index in [1.165, 1.54) is 5.37 Å². The molecule has 84 valence electrons. The zero-order chi connectivity index (χ0) is 12.1. The molecule has 2 aromatic rings. The predicted molar refractivity (Wildman–Crippen MR) is 74.3 cm³/mol. The summed E-state index contributed by atoms with van der Waals surface area (Å²) in [6, 6.07) is 9.15. The predicted octanol–water partition coefficient (Wildman–Crippen LogP) is 3.50. The Balaban J connectivity index is 2.39. The third-order valence-corrected chi connectivity index (χ3v) is 2.52. The SMILES string of the molecule is S=CC=Nc1ccc(-c2cccnn2)c(Cl)c1. The second kappa shape index (κ2) is 5.61. The molecule has 0 aliphatic heterocycles. The largest absolute Gasteiger partial charge is 0.256 e. The number of aromatic nitrogens is 2. The molecule has 0 radical (unpaired) electrons. The number of rotatable bonds is 3. The first-order chi connectivity index (χ1) is 8.31. The molecule has 0 saturated heterocycles. The lowest BCUT2D eigenvalue weighted by Crippen LogP contribution is -1.86. The minimum atomic E-state index is 0.588. The Bertz CT molecular complexity index is 555. The Morgan fingerprint density at radius 3 is 2.82 bits per heavy atom. The van der Waals surface area contributed by atoms with Crippen molar-refractivity contribution in [2.75, 3.05) is 0 Å². The van der Waals surface area contributed by atoms with Crippen LogP contribution in [0.4, 0.5) is 5.69 Å². The molecule has 0 amide bonds. The third kappa shape index (κ3) is 2.93. The molecule has 17 heavy (non-hydrogen) atoms. The van der Waals surface area contributed by atoms with Gasteiger partial charge in [-0.15, -0.1) is 0 Å². The van der Waals surface area contributed by atoms with E-state index in [1.807, 2.05) is 24.3 Å². The molecule has 0 N–H and O–H groups in total. The van der Waals surface area contributed by atoms with Gasteiger partial charge in [-0.2, -0.15) is 10.2 Å². The van der Waals surface area contributed by atoms with Crippen LogP contribution in [0.25, 0.3) is 11.3 Å². The Hall–Kier alpha value is -1.65. The molecule has 0 atom stereocenters. The molecule has 1 aromatic heterocycles. The summed E-state index contributed by atoms with van der Waals surface area (Å²) in [6.07, 6.45) is 3.17. The van der Waals surface area contributed by atoms with Crippen LogP contribution in [-0.2, 0) is 0 Å². The van der Waals surface area contributed by atoms with E-state index in [2.05, 4.69) is 27.4 Å². The lowest BCUT2D eigenvalue weighted by Gasteiger charge is -2.03. The van der Waals surface area contributed by atoms with Crippen LogP contribution in [0, 0.1) is 0 Å². The Kier molecular flexibility index (Phi) is 3.90. The van der Waals surface area contributed by atoms with Crippen molar-refractivity contribution in [2.24, 2.45) is 4.99 Å². The molecule has 1 heterocycles. The fraction of sp³-hybridized carbons (Fsp3) is 0. The molecular weight excluding hydrogens is 254 g/mol. The average molecular weight is 262 g/mol. The fourth-order valence-electron chi connectivity index (χ4n) is 1.35. The van der Waals surface area contributed by atoms with Crippen molar-refractivity contribution in [3.8, 4) is 11.3 Å². The fourth-order valence-corrected chi connectivity index (χ4v) is 1.69. The van der Waals surface area contributed by atoms with Crippen LogP contribution in [0.15, 0.2) is 41.5 Å². The van der Waals surface area contributed by atoms with Crippen molar-refractivity contribution < 1.29 is 0 Å². The molecular formula is C12H8ClN3S. The highest BCUT2D eigenvalue weighted by molar-refractivity contribution is 7.80. The molecule has 2 rings (SSSR count). The van der Waals surface area contributed by atoms with E-state index in [-0.39, 0.29) is 0 Å². The molecule has 0 unspecified atom stereocenters. The van der Waals surface area contributed by atoms with Gasteiger partial charge in [-0.3, -0.25) is 4.99 Å². The van der Waals surface area contributed by atoms with Gasteiger partial charge < -0.3 is 0 Å². The zero-order valence-electron chi connectivity index (χ0n) is 8.75. The van der Waals surface area contributed by atoms with Crippen molar-refractivity contribution in [3.63, 3.8) is 0 Å². The van der Waals surface area contributed by atoms with E-state index < -0.39 is 0 Å². The summed E-state index contributed by atoms with van der Waals surface area (Å²) in [7, 11) is 0. The molecule has 5 heteroatoms. The second-order valence-corrected chi connectivity index (χ2v) is 3.87. The van der Waals surface area contributed by atoms with Crippen LogP contribution in [0.1, 0.15) is 0 Å². The van der Waals surface area contributed by atoms with Gasteiger partial charge in [0.05, 0.1) is 16.4 Å². The number of hydrogen-bond acceptors (Lipinski definition) is 4. The van der Waals surface area contributed by atoms with E-state index >= 15 is 0 Å². The summed E-state index contributed by atoms with van der Waals surface area (Å²) >= 11 is 10.8. The minimum absolute atomic E-state index is 0.588. The standard InChI is InChI=1S/C12H8ClN3S/c13-11-8-9(14-6-7-17)3-4-10(11)12-2-1-5-15-16-12/h1-8H. The number of aliphatic imine (C=N–C) groups is 1. The van der Waals surface area contributed by atoms with Crippen LogP contribution < -0.4 is 0 Å². The van der Waals surface area contributed by atoms with Crippen LogP contribution in [0.2, 0.25) is 5.02 Å². The third-order valence-electron chi connectivity index (χ3n) is 2.09. The Morgan fingerprint density at radius 1 is 1.29 bits per heavy atom. The summed E-state index contributed by atoms with van der Waals surface area (Å²) in [5.74, 6) is 0. The number of benzene rings is 1. The summed E-state index contributed by atoms with van der Waals surface area (Å²) in [4.78, 5) is 4.12. The smallest absolute Gasteiger partial charge is 0.0944 e. The van der Waals surface area contributed by atoms with Gasteiger partial charge in [0.2, 0.25) is 0 Å². The van der Waals surface area contributed by atoms with Gasteiger partial charge in [0.15, 0.2) is 0 Å². The normalized spacial score (nSPS) is 10.6. The quantitative estimate of drug-likeness (QED) is 0.627. The molecule has 0 bridgehead atoms. The van der Waals surface area contributed by atoms with Gasteiger partial charge in [-0.1, -0.05) is 23.8 Å². The number of nitrogens with zero attached hydrogens (tertiary/aromatic N) is 3. The maximum atomic E-state index is 6.16. The highest BCUT2D eigenvalue weighted by Gasteiger charge is 2.05. The molecule has 0 aliphatic carbocycles. The maximum absolute atomic E-state index is 6.16. The molecule has 0 fully saturated rings. The lowest BCUT2D eigenvalue weighted by atomic mass is 10.1. The second-order valence-electron chi connectivity index (χ2n) is 3.19. The molecule has 1 aromatic carbocycles. The van der Waals surface area contributed by atoms with Gasteiger partial charge in [-0.05, 0) is 30.3 Å². The first-order valence-electron chi connectivity index (χ1n) is 4.87. The summed E-state index contributed by atoms with van der Waals surface area (Å²) in [5.41, 5.74) is 2.33. The van der Waals surface area contributed by atoms with Crippen LogP contribution in [-0.4, -0.2) is 21.8 Å². The summed E-state index contributed by atoms with van der Waals surface area (Å²) < 4.78 is 0. The van der Waals surface area contributed by atoms with Crippen LogP contribution in [0.3, 0.4) is 0 Å². The topological polar surface area (TPSA) is 38.1 Å². The first-order valence-corrected chi connectivity index (χ1v) is 5.71. The minimum Gasteiger partial charge on any atom is -0.256 e. The van der Waals surface area contributed by atoms with Crippen molar-refractivity contribution in [1.29, 1.82) is 0 Å². The van der Waals surface area contributed by atoms with Gasteiger partial charge >= 0.3 is 0 Å². The Labute approximate surface area is 109 Å². The summed E-state index contributed by atoms with van der Waals surface area (Å²) in [6.45, 7) is 0. The van der Waals surface area contributed by atoms with E-state index in [9.17, 15) is 0 Å². The molecule has 0 spiro atoms. The van der Waals surface area contributed by atoms with E-state index in [1.54, 1.807) is 18.5 Å². The Morgan fingerprint density at radius 2 is 2.18 bits per heavy atom. The van der Waals surface area contributed by atoms with Gasteiger partial charge in [0, 0.05) is 23.3 Å². The van der Waals surface area contributed by atoms with Gasteiger partial charge in [0.25, 0.3) is 0 Å². The monoisotopic (exact) mass is 261 g/mol. The van der Waals surface area contributed by atoms with Gasteiger partial charge in [0.1, 0.15) is 0 Å². The highest BCUT2D eigenvalue weighted by atomic mass is 35.5. The van der Waals surface area contributed by atoms with Crippen LogP contribution in [0.5, 0.6) is 0 Å². The first kappa shape index (κ1) is 11.8. The lowest BCUT2D eigenvalue weighted by molar-refractivity contribution is 1.04. The van der Waals surface area contributed by atoms with E-state index in [0.717, 1.165) is 16.9 Å². The van der Waals surface area contributed by atoms with Crippen molar-refractivity contribution >= 4 is 41.1 Å².